The molecule has 5 rings (SSSR count). The molecule has 4 aromatic rings. The molecule has 0 bridgehead atoms. The topological polar surface area (TPSA) is 66.7 Å². The number of halogens is 1. The third-order valence-corrected chi connectivity index (χ3v) is 5.46. The number of nitrogens with one attached hydrogen (secondary N) is 1. The van der Waals surface area contributed by atoms with E-state index >= 15 is 0 Å². The Morgan fingerprint density at radius 1 is 1.00 bits per heavy atom. The second-order valence-corrected chi connectivity index (χ2v) is 7.45. The van der Waals surface area contributed by atoms with Crippen molar-refractivity contribution in [3.63, 3.8) is 0 Å². The predicted molar refractivity (Wildman–Crippen MR) is 116 cm³/mol. The van der Waals surface area contributed by atoms with Crippen molar-refractivity contribution in [3.8, 4) is 11.3 Å². The van der Waals surface area contributed by atoms with E-state index in [1.165, 1.54) is 11.0 Å². The Bertz CT molecular complexity index is 1290. The van der Waals surface area contributed by atoms with Crippen LogP contribution in [0.5, 0.6) is 0 Å². The largest absolute Gasteiger partial charge is 0.310 e. The summed E-state index contributed by atoms with van der Waals surface area (Å²) in [5, 5.41) is 2.97. The first-order valence-electron chi connectivity index (χ1n) is 10.00. The van der Waals surface area contributed by atoms with Crippen molar-refractivity contribution in [2.75, 3.05) is 16.8 Å². The average molecular weight is 414 g/mol. The van der Waals surface area contributed by atoms with Crippen molar-refractivity contribution in [3.05, 3.63) is 84.8 Å². The highest BCUT2D eigenvalue weighted by atomic mass is 19.1. The van der Waals surface area contributed by atoms with Crippen LogP contribution in [-0.4, -0.2) is 27.7 Å². The molecule has 154 valence electrons. The van der Waals surface area contributed by atoms with Gasteiger partial charge in [0, 0.05) is 24.7 Å². The number of carbonyl (C=O) groups excluding carboxylic acids is 2. The van der Waals surface area contributed by atoms with Gasteiger partial charge in [0.1, 0.15) is 23.0 Å². The van der Waals surface area contributed by atoms with E-state index in [1.807, 2.05) is 59.1 Å². The summed E-state index contributed by atoms with van der Waals surface area (Å²) in [6, 6.07) is 21.3. The number of rotatable bonds is 4. The Balaban J connectivity index is 1.45. The Labute approximate surface area is 178 Å². The van der Waals surface area contributed by atoms with Crippen LogP contribution in [-0.2, 0) is 9.59 Å². The number of imidazole rings is 1. The van der Waals surface area contributed by atoms with Crippen molar-refractivity contribution in [1.82, 2.24) is 9.38 Å². The number of anilines is 2. The van der Waals surface area contributed by atoms with Crippen LogP contribution in [0.2, 0.25) is 0 Å². The second-order valence-electron chi connectivity index (χ2n) is 7.45. The molecule has 1 atom stereocenters. The van der Waals surface area contributed by atoms with Crippen LogP contribution in [0.25, 0.3) is 16.9 Å². The molecule has 7 heteroatoms. The van der Waals surface area contributed by atoms with Crippen molar-refractivity contribution in [1.29, 1.82) is 0 Å². The Hall–Kier alpha value is -4.00. The van der Waals surface area contributed by atoms with Crippen LogP contribution in [0.1, 0.15) is 6.42 Å². The molecule has 1 fully saturated rings. The van der Waals surface area contributed by atoms with E-state index in [0.717, 1.165) is 5.56 Å². The number of carbonyl (C=O) groups is 2. The fourth-order valence-corrected chi connectivity index (χ4v) is 3.92. The van der Waals surface area contributed by atoms with Gasteiger partial charge in [0.05, 0.1) is 11.6 Å². The first-order valence-corrected chi connectivity index (χ1v) is 10.00. The quantitative estimate of drug-likeness (QED) is 0.546. The highest BCUT2D eigenvalue weighted by Crippen LogP contribution is 2.31. The fraction of sp³-hybridized carbons (Fsp3) is 0.125. The second kappa shape index (κ2) is 7.68. The van der Waals surface area contributed by atoms with E-state index in [9.17, 15) is 14.0 Å². The minimum atomic E-state index is -0.593. The highest BCUT2D eigenvalue weighted by Gasteiger charge is 2.36. The number of fused-ring (bicyclic) bond motifs is 1. The molecule has 31 heavy (non-hydrogen) atoms. The van der Waals surface area contributed by atoms with Gasteiger partial charge < -0.3 is 10.2 Å². The van der Waals surface area contributed by atoms with Crippen LogP contribution in [0.15, 0.2) is 79.0 Å². The van der Waals surface area contributed by atoms with Gasteiger partial charge in [-0.25, -0.2) is 9.37 Å². The monoisotopic (exact) mass is 414 g/mol. The zero-order chi connectivity index (χ0) is 21.4. The molecule has 1 N–H and O–H groups in total. The smallest absolute Gasteiger partial charge is 0.230 e. The van der Waals surface area contributed by atoms with Crippen molar-refractivity contribution < 1.29 is 14.0 Å². The number of hydrogen-bond donors (Lipinski definition) is 1. The Morgan fingerprint density at radius 3 is 2.55 bits per heavy atom. The normalized spacial score (nSPS) is 16.1. The lowest BCUT2D eigenvalue weighted by Crippen LogP contribution is -2.29. The van der Waals surface area contributed by atoms with E-state index < -0.39 is 11.7 Å². The summed E-state index contributed by atoms with van der Waals surface area (Å²) in [4.78, 5) is 31.6. The summed E-state index contributed by atoms with van der Waals surface area (Å²) in [7, 11) is 0. The van der Waals surface area contributed by atoms with Crippen LogP contribution in [0.3, 0.4) is 0 Å². The fourth-order valence-electron chi connectivity index (χ4n) is 3.92. The van der Waals surface area contributed by atoms with Gasteiger partial charge in [-0.1, -0.05) is 48.5 Å². The lowest BCUT2D eigenvalue weighted by Gasteiger charge is -2.17. The molecule has 2 aromatic heterocycles. The van der Waals surface area contributed by atoms with E-state index in [-0.39, 0.29) is 30.5 Å². The van der Waals surface area contributed by atoms with E-state index in [0.29, 0.717) is 17.2 Å². The van der Waals surface area contributed by atoms with Gasteiger partial charge in [-0.3, -0.25) is 14.0 Å². The third kappa shape index (κ3) is 3.44. The van der Waals surface area contributed by atoms with E-state index in [1.54, 1.807) is 18.2 Å². The maximum Gasteiger partial charge on any atom is 0.230 e. The molecule has 0 saturated carbocycles. The summed E-state index contributed by atoms with van der Waals surface area (Å²) < 4.78 is 16.0. The van der Waals surface area contributed by atoms with Gasteiger partial charge in [0.25, 0.3) is 0 Å². The number of pyridine rings is 1. The molecule has 3 heterocycles. The summed E-state index contributed by atoms with van der Waals surface area (Å²) in [6.07, 6.45) is 1.85. The molecule has 1 aliphatic heterocycles. The molecule has 1 aliphatic rings. The number of nitrogens with zero attached hydrogens (tertiary/aromatic N) is 3. The third-order valence-electron chi connectivity index (χ3n) is 5.46. The number of amides is 2. The van der Waals surface area contributed by atoms with Crippen molar-refractivity contribution in [2.24, 2.45) is 5.92 Å². The lowest BCUT2D eigenvalue weighted by atomic mass is 10.1. The number of para-hydroxylation sites is 1. The average Bonchev–Trinajstić information content (AvgIpc) is 3.36. The molecule has 2 amide bonds. The molecular weight excluding hydrogens is 395 g/mol. The summed E-state index contributed by atoms with van der Waals surface area (Å²) >= 11 is 0. The lowest BCUT2D eigenvalue weighted by molar-refractivity contribution is -0.122. The SMILES string of the molecule is O=C(Nc1c(-c2ccccc2)nc2ccccn12)C1CC(=O)N(c2ccccc2F)C1. The number of benzene rings is 2. The number of aromatic nitrogens is 2. The first-order chi connectivity index (χ1) is 15.1. The standard InChI is InChI=1S/C24H19FN4O2/c25-18-10-4-5-11-19(18)29-15-17(14-21(29)30)24(31)27-23-22(16-8-2-1-3-9-16)26-20-12-6-7-13-28(20)23/h1-13,17H,14-15H2,(H,27,31). The predicted octanol–water partition coefficient (Wildman–Crippen LogP) is 4.13. The van der Waals surface area contributed by atoms with E-state index in [4.69, 9.17) is 0 Å². The van der Waals surface area contributed by atoms with Gasteiger partial charge in [0.2, 0.25) is 11.8 Å². The van der Waals surface area contributed by atoms with Gasteiger partial charge in [-0.15, -0.1) is 0 Å². The highest BCUT2D eigenvalue weighted by molar-refractivity contribution is 6.04. The van der Waals surface area contributed by atoms with E-state index in [2.05, 4.69) is 10.3 Å². The van der Waals surface area contributed by atoms with Crippen molar-refractivity contribution >= 4 is 29.0 Å². The van der Waals surface area contributed by atoms with Crippen LogP contribution < -0.4 is 10.2 Å². The first kappa shape index (κ1) is 19.0. The molecule has 0 radical (unpaired) electrons. The Morgan fingerprint density at radius 2 is 1.74 bits per heavy atom. The molecule has 1 saturated heterocycles. The zero-order valence-corrected chi connectivity index (χ0v) is 16.5. The molecule has 1 unspecified atom stereocenters. The van der Waals surface area contributed by atoms with Gasteiger partial charge in [-0.05, 0) is 24.3 Å². The van der Waals surface area contributed by atoms with Crippen LogP contribution >= 0.6 is 0 Å². The Kier molecular flexibility index (Phi) is 4.71. The van der Waals surface area contributed by atoms with Crippen molar-refractivity contribution in [2.45, 2.75) is 6.42 Å². The van der Waals surface area contributed by atoms with Crippen LogP contribution in [0, 0.1) is 11.7 Å². The number of hydrogen-bond acceptors (Lipinski definition) is 3. The summed E-state index contributed by atoms with van der Waals surface area (Å²) in [5.74, 6) is -1.10. The summed E-state index contributed by atoms with van der Waals surface area (Å²) in [5.41, 5.74) is 2.42. The van der Waals surface area contributed by atoms with Gasteiger partial charge >= 0.3 is 0 Å². The van der Waals surface area contributed by atoms with Gasteiger partial charge in [-0.2, -0.15) is 0 Å². The van der Waals surface area contributed by atoms with Crippen LogP contribution in [0.4, 0.5) is 15.9 Å². The molecular formula is C24H19FN4O2. The maximum absolute atomic E-state index is 14.2. The zero-order valence-electron chi connectivity index (χ0n) is 16.5. The maximum atomic E-state index is 14.2. The molecule has 0 aliphatic carbocycles. The molecule has 6 nitrogen and oxygen atoms in total. The molecule has 2 aromatic carbocycles. The molecule has 0 spiro atoms. The minimum absolute atomic E-state index is 0.0254. The van der Waals surface area contributed by atoms with Gasteiger partial charge in [0.15, 0.2) is 0 Å². The summed E-state index contributed by atoms with van der Waals surface area (Å²) in [6.45, 7) is 0.128. The minimum Gasteiger partial charge on any atom is -0.310 e.